The number of anilines is 3. The molecule has 1 aromatic carbocycles. The van der Waals surface area contributed by atoms with E-state index in [4.69, 9.17) is 14.7 Å². The van der Waals surface area contributed by atoms with Crippen LogP contribution in [-0.2, 0) is 13.1 Å². The molecule has 2 aromatic heterocycles. The number of rotatable bonds is 9. The van der Waals surface area contributed by atoms with E-state index >= 15 is 0 Å². The number of hydrogen-bond donors (Lipinski definition) is 2. The lowest BCUT2D eigenvalue weighted by atomic mass is 10.2. The van der Waals surface area contributed by atoms with Crippen LogP contribution in [0.15, 0.2) is 47.8 Å². The maximum absolute atomic E-state index is 5.25. The number of thioether (sulfide) groups is 1. The third-order valence-corrected chi connectivity index (χ3v) is 6.07. The molecule has 1 aliphatic rings. The van der Waals surface area contributed by atoms with E-state index in [-0.39, 0.29) is 0 Å². The molecule has 0 saturated carbocycles. The summed E-state index contributed by atoms with van der Waals surface area (Å²) in [5.41, 5.74) is 4.30. The molecule has 7 nitrogen and oxygen atoms in total. The van der Waals surface area contributed by atoms with Crippen LogP contribution in [-0.4, -0.2) is 34.5 Å². The molecule has 0 fully saturated rings. The second kappa shape index (κ2) is 9.87. The molecular weight excluding hydrogens is 408 g/mol. The summed E-state index contributed by atoms with van der Waals surface area (Å²) in [6.07, 6.45) is 3.01. The Kier molecular flexibility index (Phi) is 6.76. The van der Waals surface area contributed by atoms with E-state index in [1.54, 1.807) is 18.9 Å². The van der Waals surface area contributed by atoms with Crippen LogP contribution in [0.5, 0.6) is 5.75 Å². The molecular formula is C23H28N6OS. The van der Waals surface area contributed by atoms with Gasteiger partial charge in [-0.3, -0.25) is 4.98 Å². The van der Waals surface area contributed by atoms with Crippen molar-refractivity contribution >= 4 is 29.1 Å². The summed E-state index contributed by atoms with van der Waals surface area (Å²) in [5, 5.41) is 7.78. The lowest BCUT2D eigenvalue weighted by Crippen LogP contribution is -2.22. The molecule has 0 aliphatic carbocycles. The Morgan fingerprint density at radius 2 is 1.94 bits per heavy atom. The predicted octanol–water partition coefficient (Wildman–Crippen LogP) is 4.69. The fourth-order valence-electron chi connectivity index (χ4n) is 3.33. The highest BCUT2D eigenvalue weighted by molar-refractivity contribution is 7.99. The number of aryl methyl sites for hydroxylation is 1. The average Bonchev–Trinajstić information content (AvgIpc) is 3.20. The van der Waals surface area contributed by atoms with Gasteiger partial charge in [-0.25, -0.2) is 9.97 Å². The number of benzene rings is 1. The van der Waals surface area contributed by atoms with E-state index in [9.17, 15) is 0 Å². The number of pyridine rings is 1. The smallest absolute Gasteiger partial charge is 0.191 e. The van der Waals surface area contributed by atoms with Gasteiger partial charge >= 0.3 is 0 Å². The van der Waals surface area contributed by atoms with Crippen molar-refractivity contribution in [2.45, 2.75) is 38.5 Å². The highest BCUT2D eigenvalue weighted by Crippen LogP contribution is 2.37. The molecule has 0 spiro atoms. The van der Waals surface area contributed by atoms with Gasteiger partial charge in [0.05, 0.1) is 13.8 Å². The summed E-state index contributed by atoms with van der Waals surface area (Å²) in [7, 11) is 1.68. The van der Waals surface area contributed by atoms with Crippen LogP contribution in [0.25, 0.3) is 0 Å². The lowest BCUT2D eigenvalue weighted by molar-refractivity contribution is 0.414. The van der Waals surface area contributed by atoms with Crippen molar-refractivity contribution in [2.24, 2.45) is 0 Å². The first-order valence-electron chi connectivity index (χ1n) is 10.5. The standard InChI is InChI=1S/C23H28N6OS/c1-4-11-31-23-27-21(25-12-17-7-9-19(30-3)10-8-17)20-22(28-23)29(15-26-20)14-18-6-5-16(2)24-13-18/h5-10,13,26H,4,11-12,14-15H2,1-3H3,(H,25,27,28). The minimum Gasteiger partial charge on any atom is -0.497 e. The molecule has 0 saturated heterocycles. The van der Waals surface area contributed by atoms with Gasteiger partial charge < -0.3 is 20.3 Å². The minimum atomic E-state index is 0.675. The molecule has 3 heterocycles. The monoisotopic (exact) mass is 436 g/mol. The Morgan fingerprint density at radius 1 is 1.13 bits per heavy atom. The fourth-order valence-corrected chi connectivity index (χ4v) is 4.02. The van der Waals surface area contributed by atoms with E-state index in [1.165, 1.54) is 0 Å². The summed E-state index contributed by atoms with van der Waals surface area (Å²) >= 11 is 1.69. The second-order valence-corrected chi connectivity index (χ2v) is 8.51. The Balaban J connectivity index is 1.56. The van der Waals surface area contributed by atoms with Crippen molar-refractivity contribution in [3.8, 4) is 5.75 Å². The zero-order chi connectivity index (χ0) is 21.6. The van der Waals surface area contributed by atoms with Crippen molar-refractivity contribution in [2.75, 3.05) is 35.1 Å². The molecule has 0 unspecified atom stereocenters. The van der Waals surface area contributed by atoms with Crippen LogP contribution in [0.4, 0.5) is 17.3 Å². The summed E-state index contributed by atoms with van der Waals surface area (Å²) in [6.45, 7) is 6.29. The van der Waals surface area contributed by atoms with Crippen LogP contribution in [0.1, 0.15) is 30.2 Å². The first-order valence-corrected chi connectivity index (χ1v) is 11.5. The van der Waals surface area contributed by atoms with E-state index in [1.807, 2.05) is 31.3 Å². The molecule has 1 aliphatic heterocycles. The largest absolute Gasteiger partial charge is 0.497 e. The number of fused-ring (bicyclic) bond motifs is 1. The van der Waals surface area contributed by atoms with Gasteiger partial charge in [0.1, 0.15) is 11.4 Å². The quantitative estimate of drug-likeness (QED) is 0.370. The van der Waals surface area contributed by atoms with E-state index in [0.717, 1.165) is 63.8 Å². The third kappa shape index (κ3) is 5.19. The SMILES string of the molecule is CCCSc1nc(NCc2ccc(OC)cc2)c2c(n1)N(Cc1ccc(C)nc1)CN2. The van der Waals surface area contributed by atoms with Crippen molar-refractivity contribution in [3.05, 3.63) is 59.4 Å². The van der Waals surface area contributed by atoms with Gasteiger partial charge in [0.2, 0.25) is 0 Å². The van der Waals surface area contributed by atoms with E-state index in [0.29, 0.717) is 13.2 Å². The molecule has 8 heteroatoms. The van der Waals surface area contributed by atoms with Crippen LogP contribution in [0.2, 0.25) is 0 Å². The lowest BCUT2D eigenvalue weighted by Gasteiger charge is -2.18. The second-order valence-electron chi connectivity index (χ2n) is 7.44. The summed E-state index contributed by atoms with van der Waals surface area (Å²) in [5.74, 6) is 3.62. The summed E-state index contributed by atoms with van der Waals surface area (Å²) in [6, 6.07) is 12.2. The fraction of sp³-hybridized carbons (Fsp3) is 0.348. The van der Waals surface area contributed by atoms with Crippen LogP contribution >= 0.6 is 11.8 Å². The number of nitrogens with one attached hydrogen (secondary N) is 2. The predicted molar refractivity (Wildman–Crippen MR) is 127 cm³/mol. The Morgan fingerprint density at radius 3 is 2.65 bits per heavy atom. The number of aromatic nitrogens is 3. The highest BCUT2D eigenvalue weighted by atomic mass is 32.2. The van der Waals surface area contributed by atoms with Crippen molar-refractivity contribution in [1.29, 1.82) is 0 Å². The normalized spacial score (nSPS) is 12.4. The molecule has 3 aromatic rings. The Hall–Kier alpha value is -3.00. The summed E-state index contributed by atoms with van der Waals surface area (Å²) < 4.78 is 5.25. The maximum atomic E-state index is 5.25. The number of ether oxygens (including phenoxy) is 1. The van der Waals surface area contributed by atoms with Crippen molar-refractivity contribution < 1.29 is 4.74 Å². The minimum absolute atomic E-state index is 0.675. The Labute approximate surface area is 187 Å². The Bertz CT molecular complexity index is 1010. The zero-order valence-corrected chi connectivity index (χ0v) is 19.0. The number of nitrogens with zero attached hydrogens (tertiary/aromatic N) is 4. The van der Waals surface area contributed by atoms with Gasteiger partial charge in [0.25, 0.3) is 0 Å². The van der Waals surface area contributed by atoms with Crippen LogP contribution < -0.4 is 20.3 Å². The van der Waals surface area contributed by atoms with Gasteiger partial charge in [0, 0.05) is 30.7 Å². The topological polar surface area (TPSA) is 75.2 Å². The molecule has 0 radical (unpaired) electrons. The molecule has 2 N–H and O–H groups in total. The molecule has 0 atom stereocenters. The van der Waals surface area contributed by atoms with Gasteiger partial charge in [-0.2, -0.15) is 0 Å². The molecule has 162 valence electrons. The molecule has 0 bridgehead atoms. The van der Waals surface area contributed by atoms with Gasteiger partial charge in [0.15, 0.2) is 16.8 Å². The average molecular weight is 437 g/mol. The van der Waals surface area contributed by atoms with Crippen molar-refractivity contribution in [3.63, 3.8) is 0 Å². The van der Waals surface area contributed by atoms with E-state index in [2.05, 4.69) is 45.6 Å². The van der Waals surface area contributed by atoms with Gasteiger partial charge in [-0.05, 0) is 42.7 Å². The number of hydrogen-bond acceptors (Lipinski definition) is 8. The van der Waals surface area contributed by atoms with Crippen LogP contribution in [0, 0.1) is 6.92 Å². The first kappa shape index (κ1) is 21.2. The maximum Gasteiger partial charge on any atom is 0.191 e. The molecule has 0 amide bonds. The number of methoxy groups -OCH3 is 1. The van der Waals surface area contributed by atoms with Crippen molar-refractivity contribution in [1.82, 2.24) is 15.0 Å². The molecule has 4 rings (SSSR count). The zero-order valence-electron chi connectivity index (χ0n) is 18.2. The first-order chi connectivity index (χ1) is 15.2. The highest BCUT2D eigenvalue weighted by Gasteiger charge is 2.25. The van der Waals surface area contributed by atoms with Crippen LogP contribution in [0.3, 0.4) is 0 Å². The molecule has 31 heavy (non-hydrogen) atoms. The third-order valence-electron chi connectivity index (χ3n) is 5.02. The summed E-state index contributed by atoms with van der Waals surface area (Å²) in [4.78, 5) is 16.3. The van der Waals surface area contributed by atoms with E-state index < -0.39 is 0 Å². The van der Waals surface area contributed by atoms with Gasteiger partial charge in [-0.15, -0.1) is 0 Å². The van der Waals surface area contributed by atoms with Gasteiger partial charge in [-0.1, -0.05) is 36.9 Å².